The number of hydrogen-bond acceptors (Lipinski definition) is 4. The summed E-state index contributed by atoms with van der Waals surface area (Å²) in [5.74, 6) is -1.01. The quantitative estimate of drug-likeness (QED) is 0.658. The highest BCUT2D eigenvalue weighted by Crippen LogP contribution is 2.14. The Morgan fingerprint density at radius 3 is 2.52 bits per heavy atom. The van der Waals surface area contributed by atoms with Crippen LogP contribution in [0.5, 0.6) is 0 Å². The molecular formula is C14H27N3O4. The highest BCUT2D eigenvalue weighted by atomic mass is 16.4. The van der Waals surface area contributed by atoms with E-state index in [0.29, 0.717) is 39.0 Å². The molecule has 0 aliphatic carbocycles. The maximum absolute atomic E-state index is 12.3. The zero-order valence-corrected chi connectivity index (χ0v) is 13.0. The Bertz CT molecular complexity index is 364. The molecule has 0 aromatic carbocycles. The fourth-order valence-corrected chi connectivity index (χ4v) is 2.58. The van der Waals surface area contributed by atoms with E-state index in [9.17, 15) is 14.7 Å². The Labute approximate surface area is 125 Å². The van der Waals surface area contributed by atoms with Crippen LogP contribution in [0.1, 0.15) is 33.1 Å². The molecule has 0 radical (unpaired) electrons. The first-order valence-electron chi connectivity index (χ1n) is 7.56. The number of carboxylic acids is 1. The first kappa shape index (κ1) is 17.7. The molecule has 0 spiro atoms. The van der Waals surface area contributed by atoms with Crippen LogP contribution in [0, 0.1) is 0 Å². The minimum atomic E-state index is -1.22. The highest BCUT2D eigenvalue weighted by Gasteiger charge is 2.35. The highest BCUT2D eigenvalue weighted by molar-refractivity contribution is 5.85. The van der Waals surface area contributed by atoms with E-state index in [-0.39, 0.29) is 12.6 Å². The molecule has 0 aromatic rings. The topological polar surface area (TPSA) is 93.1 Å². The van der Waals surface area contributed by atoms with Crippen LogP contribution in [-0.2, 0) is 4.79 Å². The van der Waals surface area contributed by atoms with Crippen molar-refractivity contribution in [3.63, 3.8) is 0 Å². The minimum Gasteiger partial charge on any atom is -0.480 e. The summed E-state index contributed by atoms with van der Waals surface area (Å²) >= 11 is 0. The van der Waals surface area contributed by atoms with Crippen molar-refractivity contribution in [3.8, 4) is 0 Å². The van der Waals surface area contributed by atoms with E-state index in [1.807, 2.05) is 6.92 Å². The summed E-state index contributed by atoms with van der Waals surface area (Å²) in [5.41, 5.74) is -1.22. The third-order valence-electron chi connectivity index (χ3n) is 3.90. The van der Waals surface area contributed by atoms with Crippen molar-refractivity contribution in [2.75, 3.05) is 39.3 Å². The first-order valence-corrected chi connectivity index (χ1v) is 7.56. The van der Waals surface area contributed by atoms with E-state index in [2.05, 4.69) is 10.2 Å². The third-order valence-corrected chi connectivity index (χ3v) is 3.90. The minimum absolute atomic E-state index is 0.111. The van der Waals surface area contributed by atoms with Gasteiger partial charge in [0, 0.05) is 26.2 Å². The second-order valence-corrected chi connectivity index (χ2v) is 5.72. The van der Waals surface area contributed by atoms with Gasteiger partial charge in [0.05, 0.1) is 6.61 Å². The maximum atomic E-state index is 12.3. The maximum Gasteiger partial charge on any atom is 0.329 e. The van der Waals surface area contributed by atoms with Crippen molar-refractivity contribution in [2.45, 2.75) is 38.6 Å². The largest absolute Gasteiger partial charge is 0.480 e. The van der Waals surface area contributed by atoms with Gasteiger partial charge < -0.3 is 20.4 Å². The molecule has 2 amide bonds. The standard InChI is InChI=1S/C14H27N3O4/c1-3-5-14(2,12(19)20)15-13(21)17-7-4-6-16(8-9-17)10-11-18/h18H,3-11H2,1-2H3,(H,15,21)(H,19,20). The molecule has 1 unspecified atom stereocenters. The van der Waals surface area contributed by atoms with E-state index >= 15 is 0 Å². The average Bonchev–Trinajstić information content (AvgIpc) is 2.65. The van der Waals surface area contributed by atoms with Gasteiger partial charge in [0.1, 0.15) is 5.54 Å². The van der Waals surface area contributed by atoms with Gasteiger partial charge in [0.2, 0.25) is 0 Å². The zero-order valence-electron chi connectivity index (χ0n) is 13.0. The van der Waals surface area contributed by atoms with Crippen LogP contribution in [0.25, 0.3) is 0 Å². The van der Waals surface area contributed by atoms with E-state index in [1.54, 1.807) is 11.8 Å². The molecule has 0 bridgehead atoms. The SMILES string of the molecule is CCCC(C)(NC(=O)N1CCCN(CCO)CC1)C(=O)O. The summed E-state index contributed by atoms with van der Waals surface area (Å²) < 4.78 is 0. The Hall–Kier alpha value is -1.34. The lowest BCUT2D eigenvalue weighted by Gasteiger charge is -2.30. The Kier molecular flexibility index (Phi) is 6.91. The molecule has 1 saturated heterocycles. The number of aliphatic hydroxyl groups excluding tert-OH is 1. The van der Waals surface area contributed by atoms with Gasteiger partial charge in [-0.25, -0.2) is 9.59 Å². The molecule has 1 rings (SSSR count). The molecule has 1 heterocycles. The fourth-order valence-electron chi connectivity index (χ4n) is 2.58. The number of rotatable bonds is 6. The first-order chi connectivity index (χ1) is 9.92. The zero-order chi connectivity index (χ0) is 15.9. The number of carbonyl (C=O) groups is 2. The summed E-state index contributed by atoms with van der Waals surface area (Å²) in [4.78, 5) is 27.4. The lowest BCUT2D eigenvalue weighted by Crippen LogP contribution is -2.56. The van der Waals surface area contributed by atoms with E-state index in [0.717, 1.165) is 13.0 Å². The van der Waals surface area contributed by atoms with Crippen LogP contribution in [0.3, 0.4) is 0 Å². The van der Waals surface area contributed by atoms with Crippen molar-refractivity contribution in [2.24, 2.45) is 0 Å². The molecule has 21 heavy (non-hydrogen) atoms. The van der Waals surface area contributed by atoms with Crippen molar-refractivity contribution < 1.29 is 19.8 Å². The van der Waals surface area contributed by atoms with Gasteiger partial charge in [-0.1, -0.05) is 13.3 Å². The molecule has 7 heteroatoms. The van der Waals surface area contributed by atoms with Crippen LogP contribution < -0.4 is 5.32 Å². The molecule has 3 N–H and O–H groups in total. The number of nitrogens with one attached hydrogen (secondary N) is 1. The third kappa shape index (κ3) is 5.17. The number of carbonyl (C=O) groups excluding carboxylic acids is 1. The molecule has 1 atom stereocenters. The summed E-state index contributed by atoms with van der Waals surface area (Å²) in [6.07, 6.45) is 1.91. The summed E-state index contributed by atoms with van der Waals surface area (Å²) in [6.45, 7) is 6.86. The van der Waals surface area contributed by atoms with Gasteiger partial charge in [-0.2, -0.15) is 0 Å². The number of carboxylic acid groups (broad SMARTS) is 1. The molecule has 1 aliphatic heterocycles. The molecule has 0 aromatic heterocycles. The number of urea groups is 1. The average molecular weight is 301 g/mol. The number of amides is 2. The second kappa shape index (κ2) is 8.19. The number of aliphatic hydroxyl groups is 1. The van der Waals surface area contributed by atoms with Crippen molar-refractivity contribution >= 4 is 12.0 Å². The molecule has 122 valence electrons. The van der Waals surface area contributed by atoms with Crippen molar-refractivity contribution in [3.05, 3.63) is 0 Å². The summed E-state index contributed by atoms with van der Waals surface area (Å²) in [5, 5.41) is 20.9. The normalized spacial score (nSPS) is 19.7. The predicted octanol–water partition coefficient (Wildman–Crippen LogP) is 0.339. The monoisotopic (exact) mass is 301 g/mol. The van der Waals surface area contributed by atoms with E-state index in [1.165, 1.54) is 0 Å². The van der Waals surface area contributed by atoms with Crippen LogP contribution in [0.2, 0.25) is 0 Å². The second-order valence-electron chi connectivity index (χ2n) is 5.72. The molecule has 1 fully saturated rings. The van der Waals surface area contributed by atoms with Crippen LogP contribution in [0.15, 0.2) is 0 Å². The summed E-state index contributed by atoms with van der Waals surface area (Å²) in [6, 6.07) is -0.320. The number of β-amino-alcohol motifs (C(OH)–C–C–N with tert-alkyl or cyclic N) is 1. The molecule has 7 nitrogen and oxygen atoms in total. The Morgan fingerprint density at radius 1 is 1.24 bits per heavy atom. The lowest BCUT2D eigenvalue weighted by atomic mass is 9.96. The smallest absolute Gasteiger partial charge is 0.329 e. The van der Waals surface area contributed by atoms with Crippen LogP contribution in [0.4, 0.5) is 4.79 Å². The number of hydrogen-bond donors (Lipinski definition) is 3. The summed E-state index contributed by atoms with van der Waals surface area (Å²) in [7, 11) is 0. The van der Waals surface area contributed by atoms with Gasteiger partial charge in [-0.3, -0.25) is 4.90 Å². The van der Waals surface area contributed by atoms with Gasteiger partial charge in [0.15, 0.2) is 0 Å². The fraction of sp³-hybridized carbons (Fsp3) is 0.857. The van der Waals surface area contributed by atoms with Crippen molar-refractivity contribution in [1.29, 1.82) is 0 Å². The van der Waals surface area contributed by atoms with E-state index in [4.69, 9.17) is 5.11 Å². The van der Waals surface area contributed by atoms with Crippen LogP contribution in [-0.4, -0.2) is 76.9 Å². The van der Waals surface area contributed by atoms with Gasteiger partial charge in [0.25, 0.3) is 0 Å². The Morgan fingerprint density at radius 2 is 1.95 bits per heavy atom. The number of nitrogens with zero attached hydrogens (tertiary/aromatic N) is 2. The van der Waals surface area contributed by atoms with Crippen LogP contribution >= 0.6 is 0 Å². The molecule has 0 saturated carbocycles. The Balaban J connectivity index is 2.60. The van der Waals surface area contributed by atoms with Gasteiger partial charge >= 0.3 is 12.0 Å². The molecular weight excluding hydrogens is 274 g/mol. The molecule has 1 aliphatic rings. The van der Waals surface area contributed by atoms with Crippen molar-refractivity contribution in [1.82, 2.24) is 15.1 Å². The predicted molar refractivity (Wildman–Crippen MR) is 79.2 cm³/mol. The van der Waals surface area contributed by atoms with Gasteiger partial charge in [-0.05, 0) is 26.3 Å². The lowest BCUT2D eigenvalue weighted by molar-refractivity contribution is -0.144. The van der Waals surface area contributed by atoms with Gasteiger partial charge in [-0.15, -0.1) is 0 Å². The number of aliphatic carboxylic acids is 1. The van der Waals surface area contributed by atoms with E-state index < -0.39 is 11.5 Å².